The van der Waals surface area contributed by atoms with Crippen molar-refractivity contribution in [3.05, 3.63) is 41.0 Å². The van der Waals surface area contributed by atoms with E-state index in [9.17, 15) is 4.79 Å². The fourth-order valence-corrected chi connectivity index (χ4v) is 2.79. The number of amides is 1. The Morgan fingerprint density at radius 1 is 1.27 bits per heavy atom. The van der Waals surface area contributed by atoms with Gasteiger partial charge in [-0.1, -0.05) is 0 Å². The van der Waals surface area contributed by atoms with Crippen LogP contribution in [-0.4, -0.2) is 27.7 Å². The third-order valence-corrected chi connectivity index (χ3v) is 3.87. The summed E-state index contributed by atoms with van der Waals surface area (Å²) in [6.07, 6.45) is 0. The molecule has 0 aliphatic rings. The molecule has 7 heteroatoms. The molecule has 0 atom stereocenters. The third-order valence-electron chi connectivity index (χ3n) is 2.92. The molecule has 3 aromatic rings. The van der Waals surface area contributed by atoms with Crippen molar-refractivity contribution < 1.29 is 9.53 Å². The number of fused-ring (bicyclic) bond motifs is 1. The predicted octanol–water partition coefficient (Wildman–Crippen LogP) is 3.05. The second kappa shape index (κ2) is 6.07. The fourth-order valence-electron chi connectivity index (χ4n) is 1.98. The first kappa shape index (κ1) is 14.4. The minimum Gasteiger partial charge on any atom is -0.477 e. The number of nitrogens with zero attached hydrogens (tertiary/aromatic N) is 3. The van der Waals surface area contributed by atoms with Gasteiger partial charge in [-0.2, -0.15) is 0 Å². The van der Waals surface area contributed by atoms with Crippen LogP contribution in [0.1, 0.15) is 22.4 Å². The van der Waals surface area contributed by atoms with E-state index >= 15 is 0 Å². The quantitative estimate of drug-likeness (QED) is 0.801. The molecule has 1 N–H and O–H groups in total. The van der Waals surface area contributed by atoms with Gasteiger partial charge in [0.1, 0.15) is 0 Å². The topological polar surface area (TPSA) is 77.0 Å². The number of aryl methyl sites for hydroxylation is 1. The molecule has 0 saturated carbocycles. The van der Waals surface area contributed by atoms with Crippen LogP contribution in [0.15, 0.2) is 30.3 Å². The van der Waals surface area contributed by atoms with E-state index in [4.69, 9.17) is 4.74 Å². The maximum absolute atomic E-state index is 12.2. The number of carbonyl (C=O) groups excluding carboxylic acids is 1. The van der Waals surface area contributed by atoms with Gasteiger partial charge >= 0.3 is 0 Å². The first-order valence-electron chi connectivity index (χ1n) is 6.81. The van der Waals surface area contributed by atoms with Crippen LogP contribution >= 0.6 is 11.3 Å². The largest absolute Gasteiger partial charge is 0.477 e. The Kier molecular flexibility index (Phi) is 3.97. The SMILES string of the molecule is CCOc1ccc(C(=O)Nc2ccc3sc(C)nc3c2)nn1. The molecule has 6 nitrogen and oxygen atoms in total. The highest BCUT2D eigenvalue weighted by Gasteiger charge is 2.10. The van der Waals surface area contributed by atoms with Gasteiger partial charge in [-0.25, -0.2) is 4.98 Å². The Balaban J connectivity index is 1.76. The summed E-state index contributed by atoms with van der Waals surface area (Å²) in [5.74, 6) is 0.0836. The number of rotatable bonds is 4. The van der Waals surface area contributed by atoms with Crippen LogP contribution in [-0.2, 0) is 0 Å². The highest BCUT2D eigenvalue weighted by Crippen LogP contribution is 2.24. The average molecular weight is 314 g/mol. The molecule has 0 aliphatic carbocycles. The van der Waals surface area contributed by atoms with Gasteiger partial charge in [-0.05, 0) is 38.1 Å². The number of thiazole rings is 1. The number of anilines is 1. The highest BCUT2D eigenvalue weighted by molar-refractivity contribution is 7.18. The zero-order valence-corrected chi connectivity index (χ0v) is 13.0. The molecule has 112 valence electrons. The second-order valence-corrected chi connectivity index (χ2v) is 5.79. The molecule has 1 amide bonds. The zero-order valence-electron chi connectivity index (χ0n) is 12.2. The molecule has 2 aromatic heterocycles. The summed E-state index contributed by atoms with van der Waals surface area (Å²) in [5.41, 5.74) is 1.79. The number of benzene rings is 1. The molecule has 0 bridgehead atoms. The minimum atomic E-state index is -0.318. The van der Waals surface area contributed by atoms with E-state index in [-0.39, 0.29) is 11.6 Å². The van der Waals surface area contributed by atoms with Crippen LogP contribution in [0.3, 0.4) is 0 Å². The van der Waals surface area contributed by atoms with E-state index in [0.29, 0.717) is 18.2 Å². The van der Waals surface area contributed by atoms with Gasteiger partial charge in [0.25, 0.3) is 5.91 Å². The van der Waals surface area contributed by atoms with Crippen molar-refractivity contribution in [2.75, 3.05) is 11.9 Å². The van der Waals surface area contributed by atoms with Gasteiger partial charge in [-0.15, -0.1) is 21.5 Å². The highest BCUT2D eigenvalue weighted by atomic mass is 32.1. The summed E-state index contributed by atoms with van der Waals surface area (Å²) in [6, 6.07) is 8.84. The van der Waals surface area contributed by atoms with Gasteiger partial charge in [-0.3, -0.25) is 4.79 Å². The normalized spacial score (nSPS) is 10.6. The first-order chi connectivity index (χ1) is 10.7. The first-order valence-corrected chi connectivity index (χ1v) is 7.62. The van der Waals surface area contributed by atoms with Crippen molar-refractivity contribution in [2.24, 2.45) is 0 Å². The lowest BCUT2D eigenvalue weighted by Gasteiger charge is -2.05. The molecule has 0 radical (unpaired) electrons. The summed E-state index contributed by atoms with van der Waals surface area (Å²) in [4.78, 5) is 16.6. The molecule has 0 unspecified atom stereocenters. The van der Waals surface area contributed by atoms with E-state index in [1.165, 1.54) is 0 Å². The van der Waals surface area contributed by atoms with E-state index in [2.05, 4.69) is 20.5 Å². The molecule has 0 saturated heterocycles. The molecule has 3 rings (SSSR count). The predicted molar refractivity (Wildman–Crippen MR) is 85.5 cm³/mol. The van der Waals surface area contributed by atoms with Gasteiger partial charge in [0, 0.05) is 11.8 Å². The van der Waals surface area contributed by atoms with Crippen LogP contribution in [0, 0.1) is 6.92 Å². The van der Waals surface area contributed by atoms with Crippen molar-refractivity contribution in [3.63, 3.8) is 0 Å². The lowest BCUT2D eigenvalue weighted by atomic mass is 10.3. The number of hydrogen-bond acceptors (Lipinski definition) is 6. The van der Waals surface area contributed by atoms with Gasteiger partial charge < -0.3 is 10.1 Å². The number of carbonyl (C=O) groups is 1. The fraction of sp³-hybridized carbons (Fsp3) is 0.200. The van der Waals surface area contributed by atoms with Crippen LogP contribution in [0.5, 0.6) is 5.88 Å². The summed E-state index contributed by atoms with van der Waals surface area (Å²) in [6.45, 7) is 4.32. The molecule has 0 spiro atoms. The van der Waals surface area contributed by atoms with Crippen LogP contribution in [0.2, 0.25) is 0 Å². The Morgan fingerprint density at radius 3 is 2.86 bits per heavy atom. The number of nitrogens with one attached hydrogen (secondary N) is 1. The van der Waals surface area contributed by atoms with Gasteiger partial charge in [0.15, 0.2) is 5.69 Å². The summed E-state index contributed by atoms with van der Waals surface area (Å²) >= 11 is 1.62. The lowest BCUT2D eigenvalue weighted by molar-refractivity contribution is 0.102. The average Bonchev–Trinajstić information content (AvgIpc) is 2.87. The summed E-state index contributed by atoms with van der Waals surface area (Å²) in [5, 5.41) is 11.5. The molecule has 0 fully saturated rings. The Morgan fingerprint density at radius 2 is 2.14 bits per heavy atom. The van der Waals surface area contributed by atoms with E-state index in [0.717, 1.165) is 15.2 Å². The third kappa shape index (κ3) is 3.04. The molecule has 1 aromatic carbocycles. The molecular weight excluding hydrogens is 300 g/mol. The number of aromatic nitrogens is 3. The molecular formula is C15H14N4O2S. The summed E-state index contributed by atoms with van der Waals surface area (Å²) < 4.78 is 6.29. The van der Waals surface area contributed by atoms with Crippen molar-refractivity contribution >= 4 is 33.1 Å². The smallest absolute Gasteiger partial charge is 0.276 e. The van der Waals surface area contributed by atoms with E-state index in [1.54, 1.807) is 23.5 Å². The van der Waals surface area contributed by atoms with Gasteiger partial charge in [0.2, 0.25) is 5.88 Å². The van der Waals surface area contributed by atoms with Crippen LogP contribution < -0.4 is 10.1 Å². The van der Waals surface area contributed by atoms with Crippen LogP contribution in [0.4, 0.5) is 5.69 Å². The minimum absolute atomic E-state index is 0.234. The standard InChI is InChI=1S/C15H14N4O2S/c1-3-21-14-7-5-11(18-19-14)15(20)17-10-4-6-13-12(8-10)16-9(2)22-13/h4-8H,3H2,1-2H3,(H,17,20). The number of hydrogen-bond donors (Lipinski definition) is 1. The molecule has 0 aliphatic heterocycles. The maximum atomic E-state index is 12.2. The lowest BCUT2D eigenvalue weighted by Crippen LogP contribution is -2.14. The van der Waals surface area contributed by atoms with Gasteiger partial charge in [0.05, 0.1) is 21.8 Å². The monoisotopic (exact) mass is 314 g/mol. The molecule has 22 heavy (non-hydrogen) atoms. The Bertz CT molecular complexity index is 814. The van der Waals surface area contributed by atoms with Crippen molar-refractivity contribution in [1.29, 1.82) is 0 Å². The van der Waals surface area contributed by atoms with E-state index in [1.807, 2.05) is 32.0 Å². The van der Waals surface area contributed by atoms with E-state index < -0.39 is 0 Å². The number of ether oxygens (including phenoxy) is 1. The zero-order chi connectivity index (χ0) is 15.5. The van der Waals surface area contributed by atoms with Crippen molar-refractivity contribution in [1.82, 2.24) is 15.2 Å². The summed E-state index contributed by atoms with van der Waals surface area (Å²) in [7, 11) is 0. The van der Waals surface area contributed by atoms with Crippen molar-refractivity contribution in [2.45, 2.75) is 13.8 Å². The Labute approximate surface area is 131 Å². The second-order valence-electron chi connectivity index (χ2n) is 4.56. The van der Waals surface area contributed by atoms with Crippen molar-refractivity contribution in [3.8, 4) is 5.88 Å². The maximum Gasteiger partial charge on any atom is 0.276 e. The Hall–Kier alpha value is -2.54. The van der Waals surface area contributed by atoms with Crippen LogP contribution in [0.25, 0.3) is 10.2 Å². The molecule has 2 heterocycles.